The van der Waals surface area contributed by atoms with Crippen molar-refractivity contribution in [3.8, 4) is 0 Å². The quantitative estimate of drug-likeness (QED) is 0.545. The van der Waals surface area contributed by atoms with Gasteiger partial charge >= 0.3 is 5.97 Å². The Morgan fingerprint density at radius 1 is 1.28 bits per heavy atom. The standard InChI is InChI=1S/C21H17F2N3O3/c22-11-2-6-19-16(7-11)25-21(29-19)24-13-3-4-14-15(9-20(27)28)17-5-1-12(23)10-26(17)18(14)8-13/h1-2,5-7,10,13H,3-4,8-9H2,(H,24,25)(H,27,28). The Labute approximate surface area is 163 Å². The summed E-state index contributed by atoms with van der Waals surface area (Å²) in [4.78, 5) is 15.6. The first-order chi connectivity index (χ1) is 14.0. The smallest absolute Gasteiger partial charge is 0.307 e. The lowest BCUT2D eigenvalue weighted by molar-refractivity contribution is -0.136. The van der Waals surface area contributed by atoms with Crippen LogP contribution in [0.15, 0.2) is 40.9 Å². The SMILES string of the molecule is O=C(O)Cc1c2c(n3cc(F)ccc13)CC(Nc1nc3cc(F)ccc3o1)CC2. The molecule has 5 rings (SSSR count). The van der Waals surface area contributed by atoms with Crippen molar-refractivity contribution in [3.05, 3.63) is 65.0 Å². The number of carboxylic acids is 1. The Morgan fingerprint density at radius 2 is 2.10 bits per heavy atom. The Kier molecular flexibility index (Phi) is 4.01. The Balaban J connectivity index is 1.48. The molecule has 8 heteroatoms. The summed E-state index contributed by atoms with van der Waals surface area (Å²) in [5, 5.41) is 12.5. The molecule has 0 spiro atoms. The Morgan fingerprint density at radius 3 is 2.93 bits per heavy atom. The topological polar surface area (TPSA) is 79.8 Å². The summed E-state index contributed by atoms with van der Waals surface area (Å²) >= 11 is 0. The third-order valence-electron chi connectivity index (χ3n) is 5.41. The molecule has 0 saturated carbocycles. The highest BCUT2D eigenvalue weighted by atomic mass is 19.1. The molecule has 0 saturated heterocycles. The van der Waals surface area contributed by atoms with Gasteiger partial charge in [0.25, 0.3) is 6.01 Å². The van der Waals surface area contributed by atoms with E-state index in [1.165, 1.54) is 30.5 Å². The molecule has 6 nitrogen and oxygen atoms in total. The number of pyridine rings is 1. The van der Waals surface area contributed by atoms with Gasteiger partial charge in [-0.15, -0.1) is 0 Å². The van der Waals surface area contributed by atoms with Gasteiger partial charge in [-0.1, -0.05) is 0 Å². The van der Waals surface area contributed by atoms with Crippen LogP contribution in [0.25, 0.3) is 16.6 Å². The molecule has 2 N–H and O–H groups in total. The summed E-state index contributed by atoms with van der Waals surface area (Å²) in [7, 11) is 0. The lowest BCUT2D eigenvalue weighted by Crippen LogP contribution is -2.28. The fraction of sp³-hybridized carbons (Fsp3) is 0.238. The second kappa shape index (κ2) is 6.58. The summed E-state index contributed by atoms with van der Waals surface area (Å²) in [6.45, 7) is 0. The van der Waals surface area contributed by atoms with Gasteiger partial charge in [-0.3, -0.25) is 4.79 Å². The number of carbonyl (C=O) groups is 1. The molecule has 0 radical (unpaired) electrons. The van der Waals surface area contributed by atoms with E-state index in [1.54, 1.807) is 10.5 Å². The van der Waals surface area contributed by atoms with Gasteiger partial charge in [0.05, 0.1) is 6.42 Å². The zero-order chi connectivity index (χ0) is 20.1. The number of nitrogens with one attached hydrogen (secondary N) is 1. The number of hydrogen-bond donors (Lipinski definition) is 2. The van der Waals surface area contributed by atoms with E-state index >= 15 is 0 Å². The highest BCUT2D eigenvalue weighted by molar-refractivity contribution is 5.77. The van der Waals surface area contributed by atoms with E-state index in [1.807, 2.05) is 0 Å². The number of oxazole rings is 1. The average Bonchev–Trinajstić information content (AvgIpc) is 3.19. The first-order valence-electron chi connectivity index (χ1n) is 9.32. The van der Waals surface area contributed by atoms with Crippen molar-refractivity contribution < 1.29 is 23.1 Å². The first-order valence-corrected chi connectivity index (χ1v) is 9.32. The fourth-order valence-corrected chi connectivity index (χ4v) is 4.20. The Bertz CT molecular complexity index is 1260. The molecule has 1 unspecified atom stereocenters. The van der Waals surface area contributed by atoms with Gasteiger partial charge in [-0.25, -0.2) is 8.78 Å². The van der Waals surface area contributed by atoms with Crippen molar-refractivity contribution in [1.29, 1.82) is 0 Å². The van der Waals surface area contributed by atoms with E-state index in [-0.39, 0.29) is 24.1 Å². The zero-order valence-corrected chi connectivity index (χ0v) is 15.3. The van der Waals surface area contributed by atoms with Crippen LogP contribution in [-0.4, -0.2) is 26.5 Å². The van der Waals surface area contributed by atoms with Crippen molar-refractivity contribution in [2.75, 3.05) is 5.32 Å². The lowest BCUT2D eigenvalue weighted by atomic mass is 9.90. The number of nitrogens with zero attached hydrogens (tertiary/aromatic N) is 2. The van der Waals surface area contributed by atoms with Gasteiger partial charge in [0.2, 0.25) is 0 Å². The second-order valence-electron chi connectivity index (χ2n) is 7.29. The van der Waals surface area contributed by atoms with E-state index in [4.69, 9.17) is 4.42 Å². The number of rotatable bonds is 4. The van der Waals surface area contributed by atoms with Crippen molar-refractivity contribution in [3.63, 3.8) is 0 Å². The molecule has 3 heterocycles. The highest BCUT2D eigenvalue weighted by Crippen LogP contribution is 2.32. The minimum absolute atomic E-state index is 0.0283. The lowest BCUT2D eigenvalue weighted by Gasteiger charge is -2.23. The molecule has 3 aromatic heterocycles. The molecule has 1 atom stereocenters. The molecule has 0 fully saturated rings. The number of fused-ring (bicyclic) bond motifs is 4. The molecular weight excluding hydrogens is 380 g/mol. The third kappa shape index (κ3) is 3.10. The normalized spacial score (nSPS) is 16.3. The first kappa shape index (κ1) is 17.7. The molecule has 29 heavy (non-hydrogen) atoms. The van der Waals surface area contributed by atoms with Crippen LogP contribution in [-0.2, 0) is 24.1 Å². The molecule has 148 valence electrons. The summed E-state index contributed by atoms with van der Waals surface area (Å²) in [6, 6.07) is 7.41. The number of aromatic nitrogens is 2. The van der Waals surface area contributed by atoms with Crippen molar-refractivity contribution in [2.45, 2.75) is 31.7 Å². The van der Waals surface area contributed by atoms with Gasteiger partial charge in [0, 0.05) is 35.9 Å². The predicted molar refractivity (Wildman–Crippen MR) is 102 cm³/mol. The number of benzene rings is 1. The second-order valence-corrected chi connectivity index (χ2v) is 7.29. The molecule has 1 aromatic carbocycles. The van der Waals surface area contributed by atoms with Gasteiger partial charge in [-0.05, 0) is 48.2 Å². The average molecular weight is 397 g/mol. The van der Waals surface area contributed by atoms with Gasteiger partial charge in [0.15, 0.2) is 5.58 Å². The van der Waals surface area contributed by atoms with Crippen LogP contribution < -0.4 is 5.32 Å². The summed E-state index contributed by atoms with van der Waals surface area (Å²) < 4.78 is 34.6. The van der Waals surface area contributed by atoms with Crippen LogP contribution in [0.2, 0.25) is 0 Å². The number of carboxylic acid groups (broad SMARTS) is 1. The van der Waals surface area contributed by atoms with Gasteiger partial charge < -0.3 is 19.2 Å². The minimum Gasteiger partial charge on any atom is -0.481 e. The maximum absolute atomic E-state index is 13.9. The largest absolute Gasteiger partial charge is 0.481 e. The molecule has 0 amide bonds. The predicted octanol–water partition coefficient (Wildman–Crippen LogP) is 3.96. The van der Waals surface area contributed by atoms with E-state index in [9.17, 15) is 18.7 Å². The van der Waals surface area contributed by atoms with Crippen LogP contribution >= 0.6 is 0 Å². The molecule has 4 aromatic rings. The van der Waals surface area contributed by atoms with Crippen LogP contribution in [0.4, 0.5) is 14.8 Å². The molecule has 1 aliphatic rings. The van der Waals surface area contributed by atoms with E-state index in [2.05, 4.69) is 10.3 Å². The zero-order valence-electron chi connectivity index (χ0n) is 15.3. The summed E-state index contributed by atoms with van der Waals surface area (Å²) in [6.07, 6.45) is 3.26. The number of hydrogen-bond acceptors (Lipinski definition) is 4. The Hall–Kier alpha value is -3.42. The van der Waals surface area contributed by atoms with Crippen molar-refractivity contribution in [1.82, 2.24) is 9.38 Å². The van der Waals surface area contributed by atoms with Gasteiger partial charge in [-0.2, -0.15) is 4.98 Å². The summed E-state index contributed by atoms with van der Waals surface area (Å²) in [5.41, 5.74) is 4.24. The number of anilines is 1. The van der Waals surface area contributed by atoms with Crippen molar-refractivity contribution in [2.24, 2.45) is 0 Å². The monoisotopic (exact) mass is 397 g/mol. The number of halogens is 2. The van der Waals surface area contributed by atoms with E-state index in [0.29, 0.717) is 30.0 Å². The third-order valence-corrected chi connectivity index (χ3v) is 5.41. The van der Waals surface area contributed by atoms with E-state index < -0.39 is 5.97 Å². The maximum atomic E-state index is 13.9. The van der Waals surface area contributed by atoms with Crippen molar-refractivity contribution >= 4 is 28.6 Å². The van der Waals surface area contributed by atoms with Gasteiger partial charge in [0.1, 0.15) is 17.2 Å². The van der Waals surface area contributed by atoms with Crippen LogP contribution in [0, 0.1) is 11.6 Å². The summed E-state index contributed by atoms with van der Waals surface area (Å²) in [5.74, 6) is -1.68. The fourth-order valence-electron chi connectivity index (χ4n) is 4.20. The van der Waals surface area contributed by atoms with Crippen LogP contribution in [0.5, 0.6) is 0 Å². The molecule has 0 bridgehead atoms. The van der Waals surface area contributed by atoms with E-state index in [0.717, 1.165) is 28.8 Å². The van der Waals surface area contributed by atoms with Crippen LogP contribution in [0.1, 0.15) is 23.2 Å². The molecule has 1 aliphatic carbocycles. The highest BCUT2D eigenvalue weighted by Gasteiger charge is 2.27. The molecule has 0 aliphatic heterocycles. The number of aliphatic carboxylic acids is 1. The molecular formula is C21H17F2N3O3. The maximum Gasteiger partial charge on any atom is 0.307 e. The van der Waals surface area contributed by atoms with Crippen LogP contribution in [0.3, 0.4) is 0 Å². The minimum atomic E-state index is -0.913.